The van der Waals surface area contributed by atoms with Crippen LogP contribution in [0.2, 0.25) is 0 Å². The summed E-state index contributed by atoms with van der Waals surface area (Å²) in [6, 6.07) is 10.1. The molecule has 2 aromatic carbocycles. The Bertz CT molecular complexity index is 1470. The number of hydrogen-bond donors (Lipinski definition) is 1. The number of aryl methyl sites for hydroxylation is 1. The molecule has 34 heavy (non-hydrogen) atoms. The molecule has 0 aliphatic carbocycles. The molecule has 1 aliphatic rings. The van der Waals surface area contributed by atoms with Crippen molar-refractivity contribution in [2.24, 2.45) is 0 Å². The highest BCUT2D eigenvalue weighted by molar-refractivity contribution is 5.93. The second kappa shape index (κ2) is 8.85. The van der Waals surface area contributed by atoms with Gasteiger partial charge in [-0.25, -0.2) is 0 Å². The Morgan fingerprint density at radius 3 is 2.59 bits per heavy atom. The van der Waals surface area contributed by atoms with Gasteiger partial charge in [-0.2, -0.15) is 0 Å². The molecule has 4 aromatic rings. The zero-order chi connectivity index (χ0) is 24.0. The molecule has 3 heterocycles. The minimum Gasteiger partial charge on any atom is -0.504 e. The summed E-state index contributed by atoms with van der Waals surface area (Å²) in [5.41, 5.74) is 5.49. The standard InChI is InChI=1S/C28H33N3O3/c1-18-14-19(2)27-25(15-18)34-26(28(27)32)17-22-20(3)31(13-12-30-10-8-29(4)9-11-30)24-7-6-21(33-5)16-23(22)24/h6-7,14-17,32H,2,8-13H2,1,3-5H3/b26-17-. The fourth-order valence-corrected chi connectivity index (χ4v) is 5.09. The van der Waals surface area contributed by atoms with Gasteiger partial charge in [0.2, 0.25) is 0 Å². The number of rotatable bonds is 5. The van der Waals surface area contributed by atoms with E-state index in [1.54, 1.807) is 7.11 Å². The molecular formula is C28H33N3O3. The zero-order valence-corrected chi connectivity index (χ0v) is 20.5. The topological polar surface area (TPSA) is 54.0 Å². The molecule has 0 amide bonds. The number of benzene rings is 2. The van der Waals surface area contributed by atoms with Crippen molar-refractivity contribution in [3.63, 3.8) is 0 Å². The van der Waals surface area contributed by atoms with Crippen molar-refractivity contribution >= 4 is 34.5 Å². The van der Waals surface area contributed by atoms with E-state index in [0.717, 1.165) is 78.0 Å². The maximum Gasteiger partial charge on any atom is 0.170 e. The van der Waals surface area contributed by atoms with Crippen LogP contribution in [0.15, 0.2) is 34.7 Å². The van der Waals surface area contributed by atoms with Gasteiger partial charge >= 0.3 is 0 Å². The van der Waals surface area contributed by atoms with Gasteiger partial charge in [0.05, 0.1) is 12.5 Å². The van der Waals surface area contributed by atoms with Crippen molar-refractivity contribution in [1.82, 2.24) is 14.4 Å². The summed E-state index contributed by atoms with van der Waals surface area (Å²) >= 11 is 0. The highest BCUT2D eigenvalue weighted by Crippen LogP contribution is 2.31. The first-order valence-corrected chi connectivity index (χ1v) is 11.9. The van der Waals surface area contributed by atoms with Crippen LogP contribution < -0.4 is 15.4 Å². The summed E-state index contributed by atoms with van der Waals surface area (Å²) in [5.74, 6) is 0.948. The van der Waals surface area contributed by atoms with Crippen LogP contribution in [0.5, 0.6) is 11.5 Å². The molecule has 1 N–H and O–H groups in total. The van der Waals surface area contributed by atoms with E-state index in [4.69, 9.17) is 9.15 Å². The maximum atomic E-state index is 11.0. The van der Waals surface area contributed by atoms with Crippen LogP contribution in [0.3, 0.4) is 0 Å². The van der Waals surface area contributed by atoms with Gasteiger partial charge in [-0.3, -0.25) is 4.90 Å². The summed E-state index contributed by atoms with van der Waals surface area (Å²) in [7, 11) is 3.87. The number of aromatic nitrogens is 1. The lowest BCUT2D eigenvalue weighted by molar-refractivity contribution is 0.150. The third-order valence-corrected chi connectivity index (χ3v) is 7.11. The van der Waals surface area contributed by atoms with Crippen LogP contribution in [0.4, 0.5) is 0 Å². The number of methoxy groups -OCH3 is 1. The van der Waals surface area contributed by atoms with E-state index >= 15 is 0 Å². The average Bonchev–Trinajstić information content (AvgIpc) is 3.26. The minimum atomic E-state index is 0.139. The maximum absolute atomic E-state index is 11.0. The van der Waals surface area contributed by atoms with Gasteiger partial charge in [0, 0.05) is 61.4 Å². The SMILES string of the molecule is C=c1cc(C)cc2o/c(=C\c3c(C)n(CCN4CCN(C)CC4)c4ccc(OC)cc34)c(O)c12. The first-order chi connectivity index (χ1) is 16.4. The van der Waals surface area contributed by atoms with Gasteiger partial charge in [-0.15, -0.1) is 0 Å². The molecule has 0 unspecified atom stereocenters. The summed E-state index contributed by atoms with van der Waals surface area (Å²) in [5, 5.41) is 13.5. The Morgan fingerprint density at radius 2 is 1.85 bits per heavy atom. The fourth-order valence-electron chi connectivity index (χ4n) is 5.09. The molecular weight excluding hydrogens is 426 g/mol. The van der Waals surface area contributed by atoms with E-state index < -0.39 is 0 Å². The summed E-state index contributed by atoms with van der Waals surface area (Å²) in [6.07, 6.45) is 1.95. The molecule has 178 valence electrons. The molecule has 0 spiro atoms. The van der Waals surface area contributed by atoms with Crippen molar-refractivity contribution in [1.29, 1.82) is 0 Å². The van der Waals surface area contributed by atoms with Crippen LogP contribution in [0.1, 0.15) is 16.8 Å². The largest absolute Gasteiger partial charge is 0.504 e. The molecule has 5 rings (SSSR count). The molecule has 1 saturated heterocycles. The lowest BCUT2D eigenvalue weighted by Crippen LogP contribution is -2.45. The van der Waals surface area contributed by atoms with E-state index in [9.17, 15) is 5.11 Å². The highest BCUT2D eigenvalue weighted by atomic mass is 16.5. The normalized spacial score (nSPS) is 16.2. The molecule has 1 aliphatic heterocycles. The summed E-state index contributed by atoms with van der Waals surface area (Å²) in [4.78, 5) is 4.91. The molecule has 0 bridgehead atoms. The van der Waals surface area contributed by atoms with Gasteiger partial charge in [0.15, 0.2) is 11.2 Å². The Hall–Kier alpha value is -3.22. The van der Waals surface area contributed by atoms with E-state index in [1.165, 1.54) is 0 Å². The van der Waals surface area contributed by atoms with Crippen molar-refractivity contribution in [2.75, 3.05) is 46.9 Å². The predicted octanol–water partition coefficient (Wildman–Crippen LogP) is 3.21. The quantitative estimate of drug-likeness (QED) is 0.497. The smallest absolute Gasteiger partial charge is 0.170 e. The predicted molar refractivity (Wildman–Crippen MR) is 138 cm³/mol. The Balaban J connectivity index is 1.62. The molecule has 0 radical (unpaired) electrons. The number of ether oxygens (including phenoxy) is 1. The number of hydrogen-bond acceptors (Lipinski definition) is 5. The van der Waals surface area contributed by atoms with Crippen molar-refractivity contribution in [2.45, 2.75) is 20.4 Å². The Kier molecular flexibility index (Phi) is 5.88. The molecule has 6 heteroatoms. The zero-order valence-electron chi connectivity index (χ0n) is 20.5. The van der Waals surface area contributed by atoms with Crippen LogP contribution in [0, 0.1) is 13.8 Å². The second-order valence-corrected chi connectivity index (χ2v) is 9.44. The van der Waals surface area contributed by atoms with Gasteiger partial charge < -0.3 is 23.7 Å². The second-order valence-electron chi connectivity index (χ2n) is 9.44. The van der Waals surface area contributed by atoms with E-state index in [1.807, 2.05) is 31.2 Å². The lowest BCUT2D eigenvalue weighted by Gasteiger charge is -2.32. The first-order valence-electron chi connectivity index (χ1n) is 11.9. The van der Waals surface area contributed by atoms with Crippen molar-refractivity contribution < 1.29 is 14.3 Å². The fraction of sp³-hybridized carbons (Fsp3) is 0.357. The lowest BCUT2D eigenvalue weighted by atomic mass is 10.1. The van der Waals surface area contributed by atoms with E-state index in [0.29, 0.717) is 16.4 Å². The highest BCUT2D eigenvalue weighted by Gasteiger charge is 2.18. The van der Waals surface area contributed by atoms with Crippen molar-refractivity contribution in [3.8, 4) is 11.5 Å². The van der Waals surface area contributed by atoms with Crippen molar-refractivity contribution in [3.05, 3.63) is 57.8 Å². The number of furan rings is 1. The third-order valence-electron chi connectivity index (χ3n) is 7.11. The monoisotopic (exact) mass is 459 g/mol. The third kappa shape index (κ3) is 3.97. The van der Waals surface area contributed by atoms with Crippen LogP contribution in [0.25, 0.3) is 34.5 Å². The molecule has 0 atom stereocenters. The average molecular weight is 460 g/mol. The number of likely N-dealkylation sites (N-methyl/N-ethyl adjacent to an activating group) is 1. The first kappa shape index (κ1) is 22.6. The van der Waals surface area contributed by atoms with E-state index in [-0.39, 0.29) is 5.75 Å². The molecule has 6 nitrogen and oxygen atoms in total. The van der Waals surface area contributed by atoms with Crippen LogP contribution in [-0.2, 0) is 6.54 Å². The van der Waals surface area contributed by atoms with E-state index in [2.05, 4.69) is 47.0 Å². The number of aromatic hydroxyl groups is 1. The summed E-state index contributed by atoms with van der Waals surface area (Å²) in [6.45, 7) is 14.6. The minimum absolute atomic E-state index is 0.139. The van der Waals surface area contributed by atoms with Gasteiger partial charge in [-0.1, -0.05) is 12.6 Å². The Morgan fingerprint density at radius 1 is 1.09 bits per heavy atom. The molecule has 1 fully saturated rings. The Labute approximate surface area is 199 Å². The van der Waals surface area contributed by atoms with Crippen LogP contribution >= 0.6 is 0 Å². The summed E-state index contributed by atoms with van der Waals surface area (Å²) < 4.78 is 14.0. The molecule has 2 aromatic heterocycles. The van der Waals surface area contributed by atoms with Gasteiger partial charge in [0.25, 0.3) is 0 Å². The molecule has 0 saturated carbocycles. The van der Waals surface area contributed by atoms with Gasteiger partial charge in [0.1, 0.15) is 11.3 Å². The number of nitrogens with zero attached hydrogens (tertiary/aromatic N) is 3. The number of fused-ring (bicyclic) bond motifs is 2. The van der Waals surface area contributed by atoms with Crippen LogP contribution in [-0.4, -0.2) is 66.4 Å². The number of piperazine rings is 1. The van der Waals surface area contributed by atoms with Gasteiger partial charge in [-0.05, 0) is 62.0 Å².